The van der Waals surface area contributed by atoms with Crippen molar-refractivity contribution in [3.8, 4) is 11.3 Å². The Balaban J connectivity index is 1.81. The minimum atomic E-state index is -1.06. The quantitative estimate of drug-likeness (QED) is 0.489. The summed E-state index contributed by atoms with van der Waals surface area (Å²) in [5, 5.41) is 2.42. The Morgan fingerprint density at radius 1 is 1.13 bits per heavy atom. The van der Waals surface area contributed by atoms with Crippen LogP contribution in [-0.4, -0.2) is 28.5 Å². The van der Waals surface area contributed by atoms with Crippen LogP contribution < -0.4 is 11.1 Å². The van der Waals surface area contributed by atoms with Crippen LogP contribution in [0.25, 0.3) is 11.3 Å². The van der Waals surface area contributed by atoms with Gasteiger partial charge in [-0.05, 0) is 60.5 Å². The van der Waals surface area contributed by atoms with Gasteiger partial charge in [0.1, 0.15) is 5.69 Å². The van der Waals surface area contributed by atoms with Gasteiger partial charge in [0.2, 0.25) is 0 Å². The highest BCUT2D eigenvalue weighted by molar-refractivity contribution is 9.10. The summed E-state index contributed by atoms with van der Waals surface area (Å²) in [6.45, 7) is 5.76. The molecule has 8 nitrogen and oxygen atoms in total. The van der Waals surface area contributed by atoms with E-state index >= 15 is 0 Å². The lowest BCUT2D eigenvalue weighted by Gasteiger charge is -2.34. The summed E-state index contributed by atoms with van der Waals surface area (Å²) >= 11 is 3.20. The SMILES string of the molecule is CC(C)(C)N(Cc1ccccc1)C(=O)OC(=O)Nc1c(C(N)=O)cc2ccc(Br)oc1-2. The van der Waals surface area contributed by atoms with Crippen molar-refractivity contribution in [1.29, 1.82) is 0 Å². The van der Waals surface area contributed by atoms with Gasteiger partial charge in [-0.1, -0.05) is 30.3 Å². The van der Waals surface area contributed by atoms with Crippen molar-refractivity contribution in [1.82, 2.24) is 4.90 Å². The zero-order valence-corrected chi connectivity index (χ0v) is 18.9. The van der Waals surface area contributed by atoms with Crippen LogP contribution in [0.3, 0.4) is 0 Å². The molecule has 2 aliphatic rings. The molecule has 0 radical (unpaired) electrons. The fourth-order valence-corrected chi connectivity index (χ4v) is 3.30. The molecule has 0 saturated heterocycles. The van der Waals surface area contributed by atoms with E-state index in [9.17, 15) is 14.4 Å². The van der Waals surface area contributed by atoms with Crippen LogP contribution in [0.15, 0.2) is 57.6 Å². The molecule has 3 amide bonds. The Hall–Kier alpha value is -3.33. The Labute approximate surface area is 187 Å². The highest BCUT2D eigenvalue weighted by atomic mass is 79.9. The molecule has 3 rings (SSSR count). The summed E-state index contributed by atoms with van der Waals surface area (Å²) in [7, 11) is 0. The third-order valence-electron chi connectivity index (χ3n) is 4.54. The molecule has 0 unspecified atom stereocenters. The lowest BCUT2D eigenvalue weighted by atomic mass is 10.1. The maximum absolute atomic E-state index is 12.8. The molecular weight excluding hydrogens is 466 g/mol. The molecule has 1 aliphatic carbocycles. The molecule has 0 saturated carbocycles. The van der Waals surface area contributed by atoms with Gasteiger partial charge in [0.15, 0.2) is 10.4 Å². The number of fused-ring (bicyclic) bond motifs is 1. The van der Waals surface area contributed by atoms with Crippen LogP contribution >= 0.6 is 15.9 Å². The normalized spacial score (nSPS) is 11.2. The van der Waals surface area contributed by atoms with Gasteiger partial charge in [0, 0.05) is 17.6 Å². The summed E-state index contributed by atoms with van der Waals surface area (Å²) in [4.78, 5) is 38.6. The molecule has 3 N–H and O–H groups in total. The minimum Gasteiger partial charge on any atom is -0.447 e. The number of anilines is 1. The summed E-state index contributed by atoms with van der Waals surface area (Å²) < 4.78 is 11.0. The fourth-order valence-electron chi connectivity index (χ4n) is 3.00. The fraction of sp³-hybridized carbons (Fsp3) is 0.227. The molecule has 1 heterocycles. The Morgan fingerprint density at radius 2 is 1.81 bits per heavy atom. The smallest absolute Gasteiger partial charge is 0.420 e. The molecule has 0 atom stereocenters. The number of hydrogen-bond donors (Lipinski definition) is 2. The number of nitrogens with two attached hydrogens (primary N) is 1. The van der Waals surface area contributed by atoms with Gasteiger partial charge in [-0.15, -0.1) is 0 Å². The molecule has 0 spiro atoms. The second-order valence-electron chi connectivity index (χ2n) is 7.84. The maximum atomic E-state index is 12.8. The van der Waals surface area contributed by atoms with Gasteiger partial charge in [-0.2, -0.15) is 0 Å². The zero-order valence-electron chi connectivity index (χ0n) is 17.3. The van der Waals surface area contributed by atoms with Crippen LogP contribution in [0.4, 0.5) is 15.3 Å². The first-order valence-electron chi connectivity index (χ1n) is 9.42. The number of primary amides is 1. The first-order chi connectivity index (χ1) is 14.6. The second-order valence-corrected chi connectivity index (χ2v) is 8.63. The Kier molecular flexibility index (Phi) is 6.35. The third kappa shape index (κ3) is 5.24. The van der Waals surface area contributed by atoms with Gasteiger partial charge < -0.3 is 14.9 Å². The van der Waals surface area contributed by atoms with E-state index in [1.165, 1.54) is 11.0 Å². The molecule has 1 aromatic rings. The number of amides is 3. The summed E-state index contributed by atoms with van der Waals surface area (Å²) in [5.41, 5.74) is 6.33. The standard InChI is InChI=1S/C22H22BrN3O5/c1-22(2,3)26(12-13-7-5-4-6-8-13)21(29)31-20(28)25-17-15(19(24)27)11-14-9-10-16(23)30-18(14)17/h4-11H,12H2,1-3H3,(H2,24,27)(H,25,28). The number of hydrogen-bond acceptors (Lipinski definition) is 5. The highest BCUT2D eigenvalue weighted by Crippen LogP contribution is 2.38. The van der Waals surface area contributed by atoms with Crippen molar-refractivity contribution in [2.45, 2.75) is 32.9 Å². The summed E-state index contributed by atoms with van der Waals surface area (Å²) in [6, 6.07) is 14.2. The van der Waals surface area contributed by atoms with E-state index in [-0.39, 0.29) is 23.6 Å². The molecule has 1 aromatic carbocycles. The summed E-state index contributed by atoms with van der Waals surface area (Å²) in [6.07, 6.45) is -1.89. The number of carbonyl (C=O) groups excluding carboxylic acids is 3. The maximum Gasteiger partial charge on any atom is 0.420 e. The predicted octanol–water partition coefficient (Wildman–Crippen LogP) is 5.22. The van der Waals surface area contributed by atoms with Crippen LogP contribution in [0, 0.1) is 0 Å². The molecule has 9 heteroatoms. The number of nitrogens with zero attached hydrogens (tertiary/aromatic N) is 1. The van der Waals surface area contributed by atoms with Gasteiger partial charge in [0.25, 0.3) is 5.91 Å². The molecule has 1 aliphatic heterocycles. The third-order valence-corrected chi connectivity index (χ3v) is 4.96. The molecule has 0 aromatic heterocycles. The first-order valence-corrected chi connectivity index (χ1v) is 10.2. The van der Waals surface area contributed by atoms with Crippen molar-refractivity contribution >= 4 is 39.7 Å². The Morgan fingerprint density at radius 3 is 2.42 bits per heavy atom. The van der Waals surface area contributed by atoms with E-state index in [4.69, 9.17) is 14.9 Å². The number of ether oxygens (including phenoxy) is 1. The topological polar surface area (TPSA) is 115 Å². The van der Waals surface area contributed by atoms with E-state index in [1.54, 1.807) is 12.1 Å². The van der Waals surface area contributed by atoms with Crippen molar-refractivity contribution in [2.75, 3.05) is 5.32 Å². The van der Waals surface area contributed by atoms with Gasteiger partial charge in [-0.25, -0.2) is 9.59 Å². The number of carbonyl (C=O) groups is 3. The average molecular weight is 488 g/mol. The van der Waals surface area contributed by atoms with Crippen molar-refractivity contribution in [3.63, 3.8) is 0 Å². The van der Waals surface area contributed by atoms with Crippen LogP contribution in [0.1, 0.15) is 36.7 Å². The van der Waals surface area contributed by atoms with E-state index in [0.29, 0.717) is 10.2 Å². The lowest BCUT2D eigenvalue weighted by molar-refractivity contribution is 0.0847. The van der Waals surface area contributed by atoms with E-state index in [0.717, 1.165) is 5.56 Å². The minimum absolute atomic E-state index is 0.0342. The highest BCUT2D eigenvalue weighted by Gasteiger charge is 2.31. The molecular formula is C22H22BrN3O5. The van der Waals surface area contributed by atoms with E-state index in [1.807, 2.05) is 51.1 Å². The molecule has 0 fully saturated rings. The van der Waals surface area contributed by atoms with Gasteiger partial charge in [0.05, 0.1) is 5.56 Å². The van der Waals surface area contributed by atoms with Crippen molar-refractivity contribution in [3.05, 3.63) is 64.3 Å². The average Bonchev–Trinajstić information content (AvgIpc) is 3.03. The second kappa shape index (κ2) is 8.81. The summed E-state index contributed by atoms with van der Waals surface area (Å²) in [5.74, 6) is -0.533. The van der Waals surface area contributed by atoms with Crippen LogP contribution in [0.5, 0.6) is 0 Å². The van der Waals surface area contributed by atoms with Crippen molar-refractivity contribution in [2.24, 2.45) is 5.73 Å². The number of nitrogens with one attached hydrogen (secondary N) is 1. The first kappa shape index (κ1) is 22.4. The zero-order chi connectivity index (χ0) is 22.8. The monoisotopic (exact) mass is 487 g/mol. The molecule has 0 bridgehead atoms. The van der Waals surface area contributed by atoms with E-state index < -0.39 is 23.6 Å². The largest absolute Gasteiger partial charge is 0.447 e. The van der Waals surface area contributed by atoms with Crippen LogP contribution in [0.2, 0.25) is 0 Å². The van der Waals surface area contributed by atoms with Gasteiger partial charge >= 0.3 is 12.2 Å². The lowest BCUT2D eigenvalue weighted by Crippen LogP contribution is -2.46. The number of rotatable bonds is 4. The van der Waals surface area contributed by atoms with E-state index in [2.05, 4.69) is 21.2 Å². The number of benzene rings is 1. The predicted molar refractivity (Wildman–Crippen MR) is 119 cm³/mol. The number of halogens is 1. The Bertz CT molecular complexity index is 1090. The molecule has 162 valence electrons. The van der Waals surface area contributed by atoms with Gasteiger partial charge in [-0.3, -0.25) is 15.0 Å². The molecule has 31 heavy (non-hydrogen) atoms. The van der Waals surface area contributed by atoms with Crippen LogP contribution in [-0.2, 0) is 11.3 Å². The van der Waals surface area contributed by atoms with Crippen molar-refractivity contribution < 1.29 is 23.5 Å².